The van der Waals surface area contributed by atoms with Crippen LogP contribution in [0.5, 0.6) is 0 Å². The quantitative estimate of drug-likeness (QED) is 0.645. The third kappa shape index (κ3) is 3.78. The van der Waals surface area contributed by atoms with Gasteiger partial charge in [0.1, 0.15) is 5.82 Å². The molecule has 0 N–H and O–H groups in total. The highest BCUT2D eigenvalue weighted by molar-refractivity contribution is 7.92. The van der Waals surface area contributed by atoms with Crippen LogP contribution in [-0.2, 0) is 16.6 Å². The van der Waals surface area contributed by atoms with E-state index in [1.165, 1.54) is 22.5 Å². The number of sulfonamides is 1. The maximum Gasteiger partial charge on any atom is 0.264 e. The highest BCUT2D eigenvalue weighted by Gasteiger charge is 2.26. The molecule has 0 aliphatic rings. The van der Waals surface area contributed by atoms with E-state index in [1.807, 2.05) is 38.1 Å². The summed E-state index contributed by atoms with van der Waals surface area (Å²) in [5, 5.41) is 0. The van der Waals surface area contributed by atoms with Gasteiger partial charge in [0, 0.05) is 0 Å². The second-order valence-corrected chi connectivity index (χ2v) is 8.09. The lowest BCUT2D eigenvalue weighted by Gasteiger charge is -2.25. The van der Waals surface area contributed by atoms with Crippen molar-refractivity contribution in [1.82, 2.24) is 0 Å². The highest BCUT2D eigenvalue weighted by atomic mass is 32.2. The lowest BCUT2D eigenvalue weighted by Crippen LogP contribution is -2.31. The van der Waals surface area contributed by atoms with Gasteiger partial charge in [-0.05, 0) is 55.3 Å². The summed E-state index contributed by atoms with van der Waals surface area (Å²) >= 11 is 0. The van der Waals surface area contributed by atoms with Crippen molar-refractivity contribution in [3.05, 3.63) is 95.3 Å². The van der Waals surface area contributed by atoms with Gasteiger partial charge in [-0.25, -0.2) is 12.8 Å². The predicted octanol–water partition coefficient (Wildman–Crippen LogP) is 4.84. The summed E-state index contributed by atoms with van der Waals surface area (Å²) in [6.45, 7) is 3.96. The van der Waals surface area contributed by atoms with Crippen LogP contribution >= 0.6 is 0 Å². The van der Waals surface area contributed by atoms with Crippen LogP contribution < -0.4 is 4.31 Å². The summed E-state index contributed by atoms with van der Waals surface area (Å²) in [7, 11) is -3.84. The molecule has 0 aliphatic heterocycles. The van der Waals surface area contributed by atoms with Crippen molar-refractivity contribution in [2.24, 2.45) is 0 Å². The summed E-state index contributed by atoms with van der Waals surface area (Å²) in [6, 6.07) is 19.9. The fraction of sp³-hybridized carbons (Fsp3) is 0.143. The summed E-state index contributed by atoms with van der Waals surface area (Å²) < 4.78 is 41.6. The first kappa shape index (κ1) is 18.1. The lowest BCUT2D eigenvalue weighted by molar-refractivity contribution is 0.590. The number of nitrogens with zero attached hydrogens (tertiary/aromatic N) is 1. The molecule has 0 aliphatic carbocycles. The molecule has 3 aromatic rings. The first-order chi connectivity index (χ1) is 12.4. The van der Waals surface area contributed by atoms with Gasteiger partial charge in [0.2, 0.25) is 0 Å². The van der Waals surface area contributed by atoms with Crippen LogP contribution in [0.3, 0.4) is 0 Å². The van der Waals surface area contributed by atoms with Crippen LogP contribution in [0.4, 0.5) is 10.1 Å². The van der Waals surface area contributed by atoms with E-state index in [0.717, 1.165) is 16.7 Å². The van der Waals surface area contributed by atoms with Crippen molar-refractivity contribution >= 4 is 15.7 Å². The monoisotopic (exact) mass is 369 g/mol. The van der Waals surface area contributed by atoms with Crippen molar-refractivity contribution in [1.29, 1.82) is 0 Å². The molecule has 0 aromatic heterocycles. The van der Waals surface area contributed by atoms with Crippen LogP contribution in [-0.4, -0.2) is 8.42 Å². The van der Waals surface area contributed by atoms with Crippen molar-refractivity contribution in [3.63, 3.8) is 0 Å². The molecule has 3 aromatic carbocycles. The summed E-state index contributed by atoms with van der Waals surface area (Å²) in [5.74, 6) is -0.476. The van der Waals surface area contributed by atoms with Gasteiger partial charge >= 0.3 is 0 Å². The van der Waals surface area contributed by atoms with Gasteiger partial charge in [-0.15, -0.1) is 0 Å². The van der Waals surface area contributed by atoms with Gasteiger partial charge in [0.05, 0.1) is 17.1 Å². The largest absolute Gasteiger partial charge is 0.264 e. The normalized spacial score (nSPS) is 11.3. The minimum absolute atomic E-state index is 0.131. The zero-order valence-corrected chi connectivity index (χ0v) is 15.5. The van der Waals surface area contributed by atoms with Gasteiger partial charge in [0.25, 0.3) is 10.0 Å². The van der Waals surface area contributed by atoms with Crippen LogP contribution in [0.2, 0.25) is 0 Å². The number of anilines is 1. The Morgan fingerprint density at radius 1 is 0.885 bits per heavy atom. The number of hydrogen-bond acceptors (Lipinski definition) is 2. The molecule has 0 saturated carbocycles. The Morgan fingerprint density at radius 3 is 2.23 bits per heavy atom. The zero-order valence-electron chi connectivity index (χ0n) is 14.7. The predicted molar refractivity (Wildman–Crippen MR) is 102 cm³/mol. The SMILES string of the molecule is Cc1ccc(S(=O)(=O)N(Cc2ccccc2C)c2cccc(F)c2)cc1. The fourth-order valence-electron chi connectivity index (χ4n) is 2.73. The fourth-order valence-corrected chi connectivity index (χ4v) is 4.16. The Hall–Kier alpha value is -2.66. The molecule has 0 heterocycles. The number of aryl methyl sites for hydroxylation is 2. The molecule has 0 unspecified atom stereocenters. The molecule has 26 heavy (non-hydrogen) atoms. The molecule has 5 heteroatoms. The first-order valence-electron chi connectivity index (χ1n) is 8.27. The number of benzene rings is 3. The van der Waals surface area contributed by atoms with E-state index in [9.17, 15) is 12.8 Å². The third-order valence-corrected chi connectivity index (χ3v) is 6.07. The molecule has 0 amide bonds. The standard InChI is InChI=1S/C21H20FNO2S/c1-16-10-12-21(13-11-16)26(24,25)23(20-9-5-8-19(22)14-20)15-18-7-4-3-6-17(18)2/h3-14H,15H2,1-2H3. The van der Waals surface area contributed by atoms with Crippen molar-refractivity contribution in [3.8, 4) is 0 Å². The first-order valence-corrected chi connectivity index (χ1v) is 9.71. The Bertz CT molecular complexity index is 1010. The topological polar surface area (TPSA) is 37.4 Å². The van der Waals surface area contributed by atoms with Crippen LogP contribution in [0.25, 0.3) is 0 Å². The van der Waals surface area contributed by atoms with Gasteiger partial charge < -0.3 is 0 Å². The zero-order chi connectivity index (χ0) is 18.7. The number of rotatable bonds is 5. The average Bonchev–Trinajstić information content (AvgIpc) is 2.61. The molecular formula is C21H20FNO2S. The molecule has 3 rings (SSSR count). The summed E-state index contributed by atoms with van der Waals surface area (Å²) in [5.41, 5.74) is 3.12. The molecule has 3 nitrogen and oxygen atoms in total. The van der Waals surface area contributed by atoms with Crippen molar-refractivity contribution < 1.29 is 12.8 Å². The van der Waals surface area contributed by atoms with E-state index in [2.05, 4.69) is 0 Å². The molecular weight excluding hydrogens is 349 g/mol. The number of hydrogen-bond donors (Lipinski definition) is 0. The molecule has 134 valence electrons. The smallest absolute Gasteiger partial charge is 0.262 e. The van der Waals surface area contributed by atoms with E-state index >= 15 is 0 Å². The third-order valence-electron chi connectivity index (χ3n) is 4.28. The molecule has 0 bridgehead atoms. The van der Waals surface area contributed by atoms with E-state index in [0.29, 0.717) is 5.69 Å². The summed E-state index contributed by atoms with van der Waals surface area (Å²) in [6.07, 6.45) is 0. The van der Waals surface area contributed by atoms with Gasteiger partial charge in [-0.3, -0.25) is 4.31 Å². The Morgan fingerprint density at radius 2 is 1.58 bits per heavy atom. The molecule has 0 atom stereocenters. The molecule has 0 radical (unpaired) electrons. The highest BCUT2D eigenvalue weighted by Crippen LogP contribution is 2.27. The molecule has 0 spiro atoms. The Balaban J connectivity index is 2.11. The van der Waals surface area contributed by atoms with Gasteiger partial charge in [0.15, 0.2) is 0 Å². The van der Waals surface area contributed by atoms with Crippen molar-refractivity contribution in [2.75, 3.05) is 4.31 Å². The Labute approximate surface area is 153 Å². The van der Waals surface area contributed by atoms with Gasteiger partial charge in [-0.1, -0.05) is 48.0 Å². The molecule has 0 fully saturated rings. The van der Waals surface area contributed by atoms with E-state index in [-0.39, 0.29) is 11.4 Å². The van der Waals surface area contributed by atoms with E-state index in [1.54, 1.807) is 30.3 Å². The van der Waals surface area contributed by atoms with Crippen molar-refractivity contribution in [2.45, 2.75) is 25.3 Å². The minimum Gasteiger partial charge on any atom is -0.262 e. The maximum atomic E-state index is 13.8. The average molecular weight is 369 g/mol. The van der Waals surface area contributed by atoms with Crippen LogP contribution in [0, 0.1) is 19.7 Å². The molecule has 0 saturated heterocycles. The van der Waals surface area contributed by atoms with E-state index < -0.39 is 15.8 Å². The van der Waals surface area contributed by atoms with Crippen LogP contribution in [0.15, 0.2) is 77.7 Å². The maximum absolute atomic E-state index is 13.8. The second kappa shape index (κ2) is 7.30. The minimum atomic E-state index is -3.84. The second-order valence-electron chi connectivity index (χ2n) is 6.23. The number of halogens is 1. The van der Waals surface area contributed by atoms with Crippen LogP contribution in [0.1, 0.15) is 16.7 Å². The van der Waals surface area contributed by atoms with Gasteiger partial charge in [-0.2, -0.15) is 0 Å². The van der Waals surface area contributed by atoms with E-state index in [4.69, 9.17) is 0 Å². The Kier molecular flexibility index (Phi) is 5.09. The summed E-state index contributed by atoms with van der Waals surface area (Å²) in [4.78, 5) is 0.181. The lowest BCUT2D eigenvalue weighted by atomic mass is 10.1.